The Labute approximate surface area is 242 Å². The topological polar surface area (TPSA) is 51.6 Å². The number of nitrogens with zero attached hydrogens (tertiary/aromatic N) is 4. The molecule has 4 nitrogen and oxygen atoms in total. The van der Waals surface area contributed by atoms with E-state index in [1.54, 1.807) is 12.4 Å². The molecule has 1 aliphatic carbocycles. The quantitative estimate of drug-likeness (QED) is 0.212. The molecule has 42 heavy (non-hydrogen) atoms. The average Bonchev–Trinajstić information content (AvgIpc) is 3.40. The zero-order valence-corrected chi connectivity index (χ0v) is 22.5. The van der Waals surface area contributed by atoms with Crippen LogP contribution in [0.3, 0.4) is 0 Å². The predicted octanol–water partition coefficient (Wildman–Crippen LogP) is 9.37. The molecule has 0 saturated heterocycles. The normalized spacial score (nSPS) is 11.8. The molecule has 0 aliphatic heterocycles. The van der Waals surface area contributed by atoms with Gasteiger partial charge in [-0.25, -0.2) is 15.0 Å². The lowest BCUT2D eigenvalue weighted by atomic mass is 9.91. The smallest absolute Gasteiger partial charge is 0.159 e. The van der Waals surface area contributed by atoms with Crippen molar-refractivity contribution in [2.24, 2.45) is 0 Å². The SMILES string of the molecule is c1cnc(-c2ccc(-c3ccc4cc(-c5ccc6c7c(cccc57)-c5ccccc5-6)c5cccnc5c4n3)cc2)nc1. The number of hydrogen-bond donors (Lipinski definition) is 0. The molecule has 8 aromatic rings. The van der Waals surface area contributed by atoms with Crippen molar-refractivity contribution in [1.82, 2.24) is 19.9 Å². The Hall–Kier alpha value is -5.74. The summed E-state index contributed by atoms with van der Waals surface area (Å²) in [7, 11) is 0. The van der Waals surface area contributed by atoms with Gasteiger partial charge in [0.2, 0.25) is 0 Å². The minimum atomic E-state index is 0.713. The van der Waals surface area contributed by atoms with Crippen LogP contribution in [0.15, 0.2) is 134 Å². The Morgan fingerprint density at radius 2 is 1.10 bits per heavy atom. The summed E-state index contributed by atoms with van der Waals surface area (Å²) in [5, 5.41) is 4.76. The summed E-state index contributed by atoms with van der Waals surface area (Å²) in [6.07, 6.45) is 5.38. The zero-order chi connectivity index (χ0) is 27.6. The Kier molecular flexibility index (Phi) is 4.87. The van der Waals surface area contributed by atoms with Crippen LogP contribution in [0.5, 0.6) is 0 Å². The first-order valence-corrected chi connectivity index (χ1v) is 14.1. The lowest BCUT2D eigenvalue weighted by Crippen LogP contribution is -1.92. The third kappa shape index (κ3) is 3.36. The highest BCUT2D eigenvalue weighted by Crippen LogP contribution is 2.50. The van der Waals surface area contributed by atoms with Gasteiger partial charge in [-0.2, -0.15) is 0 Å². The number of hydrogen-bond acceptors (Lipinski definition) is 4. The Balaban J connectivity index is 1.22. The van der Waals surface area contributed by atoms with Gasteiger partial charge in [0, 0.05) is 40.5 Å². The first kappa shape index (κ1) is 23.0. The van der Waals surface area contributed by atoms with E-state index >= 15 is 0 Å². The molecule has 1 aliphatic rings. The van der Waals surface area contributed by atoms with Crippen molar-refractivity contribution in [3.8, 4) is 56.0 Å². The molecule has 0 bridgehead atoms. The molecule has 9 rings (SSSR count). The fraction of sp³-hybridized carbons (Fsp3) is 0. The van der Waals surface area contributed by atoms with Crippen LogP contribution in [0.2, 0.25) is 0 Å². The van der Waals surface area contributed by atoms with Crippen molar-refractivity contribution >= 4 is 32.6 Å². The van der Waals surface area contributed by atoms with E-state index in [0.717, 1.165) is 38.6 Å². The van der Waals surface area contributed by atoms with Crippen LogP contribution < -0.4 is 0 Å². The maximum Gasteiger partial charge on any atom is 0.159 e. The number of benzene rings is 5. The summed E-state index contributed by atoms with van der Waals surface area (Å²) < 4.78 is 0. The van der Waals surface area contributed by atoms with Crippen LogP contribution >= 0.6 is 0 Å². The second kappa shape index (κ2) is 8.88. The van der Waals surface area contributed by atoms with E-state index in [1.807, 2.05) is 30.5 Å². The van der Waals surface area contributed by atoms with Crippen molar-refractivity contribution in [1.29, 1.82) is 0 Å². The van der Waals surface area contributed by atoms with E-state index in [9.17, 15) is 0 Å². The van der Waals surface area contributed by atoms with Gasteiger partial charge in [0.1, 0.15) is 0 Å². The number of rotatable bonds is 3. The average molecular weight is 535 g/mol. The second-order valence-corrected chi connectivity index (χ2v) is 10.7. The molecule has 0 fully saturated rings. The van der Waals surface area contributed by atoms with E-state index in [-0.39, 0.29) is 0 Å². The fourth-order valence-electron chi connectivity index (χ4n) is 6.49. The fourth-order valence-corrected chi connectivity index (χ4v) is 6.49. The van der Waals surface area contributed by atoms with Gasteiger partial charge in [-0.05, 0) is 68.4 Å². The molecular formula is C38H22N4. The summed E-state index contributed by atoms with van der Waals surface area (Å²) in [4.78, 5) is 18.7. The van der Waals surface area contributed by atoms with Gasteiger partial charge in [0.15, 0.2) is 5.82 Å². The van der Waals surface area contributed by atoms with Gasteiger partial charge in [-0.3, -0.25) is 4.98 Å². The summed E-state index contributed by atoms with van der Waals surface area (Å²) in [6.45, 7) is 0. The molecule has 194 valence electrons. The van der Waals surface area contributed by atoms with Crippen LogP contribution in [0, 0.1) is 0 Å². The lowest BCUT2D eigenvalue weighted by Gasteiger charge is -2.14. The molecule has 0 N–H and O–H groups in total. The van der Waals surface area contributed by atoms with Crippen LogP contribution in [0.25, 0.3) is 88.6 Å². The predicted molar refractivity (Wildman–Crippen MR) is 171 cm³/mol. The van der Waals surface area contributed by atoms with Crippen molar-refractivity contribution < 1.29 is 0 Å². The van der Waals surface area contributed by atoms with E-state index in [2.05, 4.69) is 101 Å². The second-order valence-electron chi connectivity index (χ2n) is 10.7. The highest BCUT2D eigenvalue weighted by Gasteiger charge is 2.23. The minimum Gasteiger partial charge on any atom is -0.254 e. The molecule has 0 saturated carbocycles. The standard InChI is InChI=1S/C38H22N4/c1-2-7-27-26(6-1)29-8-3-9-30-28(16-17-31(27)35(29)30)33-22-25-15-18-34(42-36(25)37-32(33)10-4-19-39-37)23-11-13-24(14-12-23)38-40-20-5-21-41-38/h1-22H. The van der Waals surface area contributed by atoms with E-state index < -0.39 is 0 Å². The van der Waals surface area contributed by atoms with Crippen LogP contribution in [0.4, 0.5) is 0 Å². The maximum atomic E-state index is 5.14. The zero-order valence-electron chi connectivity index (χ0n) is 22.5. The van der Waals surface area contributed by atoms with Crippen molar-refractivity contribution in [2.45, 2.75) is 0 Å². The molecular weight excluding hydrogens is 512 g/mol. The molecule has 0 spiro atoms. The molecule has 3 aromatic heterocycles. The largest absolute Gasteiger partial charge is 0.254 e. The third-order valence-corrected chi connectivity index (χ3v) is 8.39. The lowest BCUT2D eigenvalue weighted by molar-refractivity contribution is 1.18. The molecule has 4 heteroatoms. The van der Waals surface area contributed by atoms with Crippen molar-refractivity contribution in [3.63, 3.8) is 0 Å². The van der Waals surface area contributed by atoms with Crippen molar-refractivity contribution in [2.75, 3.05) is 0 Å². The van der Waals surface area contributed by atoms with Crippen LogP contribution in [0.1, 0.15) is 0 Å². The molecule has 0 amide bonds. The highest BCUT2D eigenvalue weighted by atomic mass is 14.8. The summed E-state index contributed by atoms with van der Waals surface area (Å²) >= 11 is 0. The maximum absolute atomic E-state index is 5.14. The van der Waals surface area contributed by atoms with Gasteiger partial charge < -0.3 is 0 Å². The Bertz CT molecular complexity index is 2310. The van der Waals surface area contributed by atoms with Gasteiger partial charge in [0.25, 0.3) is 0 Å². The highest BCUT2D eigenvalue weighted by molar-refractivity contribution is 6.21. The number of fused-ring (bicyclic) bond motifs is 6. The third-order valence-electron chi connectivity index (χ3n) is 8.39. The molecule has 0 atom stereocenters. The van der Waals surface area contributed by atoms with Crippen LogP contribution in [-0.2, 0) is 0 Å². The minimum absolute atomic E-state index is 0.713. The first-order valence-electron chi connectivity index (χ1n) is 14.1. The van der Waals surface area contributed by atoms with Gasteiger partial charge in [-0.1, -0.05) is 91.0 Å². The molecule has 3 heterocycles. The molecule has 5 aromatic carbocycles. The first-order chi connectivity index (χ1) is 20.8. The van der Waals surface area contributed by atoms with Gasteiger partial charge >= 0.3 is 0 Å². The number of aromatic nitrogens is 4. The molecule has 0 unspecified atom stereocenters. The summed E-state index contributed by atoms with van der Waals surface area (Å²) in [5.41, 5.74) is 12.3. The monoisotopic (exact) mass is 534 g/mol. The summed E-state index contributed by atoms with van der Waals surface area (Å²) in [6, 6.07) is 40.7. The summed E-state index contributed by atoms with van der Waals surface area (Å²) in [5.74, 6) is 0.713. The van der Waals surface area contributed by atoms with E-state index in [0.29, 0.717) is 5.82 Å². The Morgan fingerprint density at radius 1 is 0.405 bits per heavy atom. The van der Waals surface area contributed by atoms with E-state index in [4.69, 9.17) is 9.97 Å². The van der Waals surface area contributed by atoms with Crippen LogP contribution in [-0.4, -0.2) is 19.9 Å². The number of pyridine rings is 2. The Morgan fingerprint density at radius 3 is 1.93 bits per heavy atom. The van der Waals surface area contributed by atoms with Crippen molar-refractivity contribution in [3.05, 3.63) is 134 Å². The van der Waals surface area contributed by atoms with Gasteiger partial charge in [-0.15, -0.1) is 0 Å². The van der Waals surface area contributed by atoms with Gasteiger partial charge in [0.05, 0.1) is 16.7 Å². The van der Waals surface area contributed by atoms with E-state index in [1.165, 1.54) is 44.2 Å². The molecule has 0 radical (unpaired) electrons.